The van der Waals surface area contributed by atoms with Crippen molar-refractivity contribution in [2.75, 3.05) is 13.1 Å². The number of pyridine rings is 1. The van der Waals surface area contributed by atoms with Crippen LogP contribution in [0.1, 0.15) is 46.8 Å². The lowest BCUT2D eigenvalue weighted by molar-refractivity contribution is 0.168. The van der Waals surface area contributed by atoms with Crippen molar-refractivity contribution in [1.29, 1.82) is 5.26 Å². The maximum absolute atomic E-state index is 9.21. The number of benzene rings is 3. The normalized spacial score (nSPS) is 16.4. The average molecular weight is 522 g/mol. The van der Waals surface area contributed by atoms with Gasteiger partial charge in [-0.1, -0.05) is 60.1 Å². The Bertz CT molecular complexity index is 1490. The van der Waals surface area contributed by atoms with Crippen molar-refractivity contribution < 1.29 is 9.47 Å². The Hall–Kier alpha value is -3.85. The van der Waals surface area contributed by atoms with E-state index in [1.54, 1.807) is 18.5 Å². The van der Waals surface area contributed by atoms with Crippen LogP contribution < -0.4 is 9.47 Å². The molecule has 3 aromatic carbocycles. The predicted octanol–water partition coefficient (Wildman–Crippen LogP) is 7.12. The van der Waals surface area contributed by atoms with Crippen LogP contribution in [0.5, 0.6) is 11.5 Å². The molecule has 0 radical (unpaired) electrons. The highest BCUT2D eigenvalue weighted by Crippen LogP contribution is 2.43. The Balaban J connectivity index is 1.27. The van der Waals surface area contributed by atoms with Gasteiger partial charge in [-0.15, -0.1) is 0 Å². The summed E-state index contributed by atoms with van der Waals surface area (Å²) in [4.78, 5) is 6.53. The summed E-state index contributed by atoms with van der Waals surface area (Å²) in [6.07, 6.45) is 6.27. The Labute approximate surface area is 228 Å². The molecule has 2 heterocycles. The maximum atomic E-state index is 9.21. The topological polar surface area (TPSA) is 58.4 Å². The molecule has 1 aliphatic heterocycles. The number of likely N-dealkylation sites (tertiary alicyclic amines) is 1. The van der Waals surface area contributed by atoms with Gasteiger partial charge < -0.3 is 9.47 Å². The summed E-state index contributed by atoms with van der Waals surface area (Å²) < 4.78 is 12.9. The van der Waals surface area contributed by atoms with E-state index < -0.39 is 0 Å². The van der Waals surface area contributed by atoms with E-state index in [9.17, 15) is 5.26 Å². The molecule has 5 nitrogen and oxygen atoms in total. The summed E-state index contributed by atoms with van der Waals surface area (Å²) in [5.74, 6) is 1.37. The summed E-state index contributed by atoms with van der Waals surface area (Å²) in [6.45, 7) is 3.24. The molecule has 0 spiro atoms. The van der Waals surface area contributed by atoms with Gasteiger partial charge in [-0.05, 0) is 66.7 Å². The average Bonchev–Trinajstić information content (AvgIpc) is 3.34. The van der Waals surface area contributed by atoms with Crippen LogP contribution in [0, 0.1) is 11.3 Å². The van der Waals surface area contributed by atoms with Gasteiger partial charge in [-0.25, -0.2) is 0 Å². The van der Waals surface area contributed by atoms with E-state index in [0.29, 0.717) is 22.9 Å². The fourth-order valence-electron chi connectivity index (χ4n) is 5.27. The molecule has 0 N–H and O–H groups in total. The van der Waals surface area contributed by atoms with Gasteiger partial charge in [-0.3, -0.25) is 9.88 Å². The lowest BCUT2D eigenvalue weighted by Gasteiger charge is -2.31. The quantitative estimate of drug-likeness (QED) is 0.247. The van der Waals surface area contributed by atoms with Crippen LogP contribution in [0.25, 0.3) is 11.1 Å². The lowest BCUT2D eigenvalue weighted by Crippen LogP contribution is -2.36. The first-order valence-corrected chi connectivity index (χ1v) is 13.4. The minimum atomic E-state index is -0.0724. The second-order valence-corrected chi connectivity index (χ2v) is 10.3. The number of rotatable bonds is 8. The minimum absolute atomic E-state index is 0.0724. The van der Waals surface area contributed by atoms with Gasteiger partial charge in [0.25, 0.3) is 0 Å². The van der Waals surface area contributed by atoms with E-state index in [-0.39, 0.29) is 6.10 Å². The first-order chi connectivity index (χ1) is 18.7. The summed E-state index contributed by atoms with van der Waals surface area (Å²) in [5.41, 5.74) is 7.44. The van der Waals surface area contributed by atoms with Crippen LogP contribution in [0.3, 0.4) is 0 Å². The van der Waals surface area contributed by atoms with Crippen LogP contribution in [-0.2, 0) is 19.6 Å². The molecule has 1 aliphatic carbocycles. The van der Waals surface area contributed by atoms with Crippen molar-refractivity contribution >= 4 is 11.6 Å². The molecule has 1 saturated heterocycles. The summed E-state index contributed by atoms with van der Waals surface area (Å²) in [7, 11) is 0. The van der Waals surface area contributed by atoms with Crippen molar-refractivity contribution in [3.8, 4) is 28.7 Å². The SMILES string of the molecule is N#Cc1cncc(COc2cc(OC3CCc4c(-c5ccccc5)cccc43)c(Cl)cc2CN2CCC2)c1. The first kappa shape index (κ1) is 24.5. The highest BCUT2D eigenvalue weighted by Gasteiger charge is 2.28. The third-order valence-corrected chi connectivity index (χ3v) is 7.64. The highest BCUT2D eigenvalue weighted by molar-refractivity contribution is 6.32. The van der Waals surface area contributed by atoms with E-state index >= 15 is 0 Å². The van der Waals surface area contributed by atoms with Gasteiger partial charge >= 0.3 is 0 Å². The summed E-state index contributed by atoms with van der Waals surface area (Å²) in [6, 6.07) is 24.8. The van der Waals surface area contributed by atoms with Gasteiger partial charge in [0.1, 0.15) is 30.3 Å². The molecular weight excluding hydrogens is 494 g/mol. The van der Waals surface area contributed by atoms with Gasteiger partial charge in [0, 0.05) is 36.1 Å². The maximum Gasteiger partial charge on any atom is 0.142 e. The molecule has 0 amide bonds. The second kappa shape index (κ2) is 10.9. The molecule has 4 aromatic rings. The zero-order chi connectivity index (χ0) is 25.9. The Kier molecular flexibility index (Phi) is 7.00. The first-order valence-electron chi connectivity index (χ1n) is 13.0. The Morgan fingerprint density at radius 3 is 2.66 bits per heavy atom. The number of nitriles is 1. The molecule has 190 valence electrons. The molecule has 0 bridgehead atoms. The van der Waals surface area contributed by atoms with E-state index in [1.165, 1.54) is 28.7 Å². The van der Waals surface area contributed by atoms with E-state index in [1.807, 2.05) is 18.2 Å². The van der Waals surface area contributed by atoms with Crippen LogP contribution in [-0.4, -0.2) is 23.0 Å². The molecule has 1 unspecified atom stereocenters. The van der Waals surface area contributed by atoms with Gasteiger partial charge in [-0.2, -0.15) is 5.26 Å². The van der Waals surface area contributed by atoms with Crippen molar-refractivity contribution in [3.63, 3.8) is 0 Å². The third kappa shape index (κ3) is 5.11. The number of hydrogen-bond acceptors (Lipinski definition) is 5. The van der Waals surface area contributed by atoms with Gasteiger partial charge in [0.15, 0.2) is 0 Å². The zero-order valence-corrected chi connectivity index (χ0v) is 21.8. The van der Waals surface area contributed by atoms with E-state index in [2.05, 4.69) is 58.4 Å². The molecule has 0 saturated carbocycles. The Morgan fingerprint density at radius 2 is 1.87 bits per heavy atom. The standard InChI is InChI=1S/C32H28ClN3O2/c33-29-15-25(20-36-12-5-13-36)31(37-21-23-14-22(17-34)18-35-19-23)16-32(29)38-30-11-10-27-26(8-4-9-28(27)30)24-6-2-1-3-7-24/h1-4,6-9,14-16,18-19,30H,5,10-13,20-21H2. The molecule has 38 heavy (non-hydrogen) atoms. The van der Waals surface area contributed by atoms with Crippen molar-refractivity contribution in [1.82, 2.24) is 9.88 Å². The minimum Gasteiger partial charge on any atom is -0.488 e. The number of nitrogens with zero attached hydrogens (tertiary/aromatic N) is 3. The monoisotopic (exact) mass is 521 g/mol. The van der Waals surface area contributed by atoms with Crippen molar-refractivity contribution in [2.45, 2.75) is 38.5 Å². The highest BCUT2D eigenvalue weighted by atomic mass is 35.5. The number of aromatic nitrogens is 1. The number of halogens is 1. The molecule has 1 aromatic heterocycles. The molecule has 1 atom stereocenters. The molecule has 6 rings (SSSR count). The molecule has 1 fully saturated rings. The van der Waals surface area contributed by atoms with Crippen LogP contribution in [0.15, 0.2) is 79.1 Å². The lowest BCUT2D eigenvalue weighted by atomic mass is 9.97. The number of hydrogen-bond donors (Lipinski definition) is 0. The predicted molar refractivity (Wildman–Crippen MR) is 148 cm³/mol. The molecule has 2 aliphatic rings. The second-order valence-electron chi connectivity index (χ2n) is 9.89. The number of ether oxygens (including phenoxy) is 2. The van der Waals surface area contributed by atoms with Crippen LogP contribution >= 0.6 is 11.6 Å². The van der Waals surface area contributed by atoms with Gasteiger partial charge in [0.2, 0.25) is 0 Å². The van der Waals surface area contributed by atoms with Crippen LogP contribution in [0.4, 0.5) is 0 Å². The third-order valence-electron chi connectivity index (χ3n) is 7.35. The molecular formula is C32H28ClN3O2. The van der Waals surface area contributed by atoms with Crippen molar-refractivity contribution in [3.05, 3.63) is 112 Å². The van der Waals surface area contributed by atoms with Crippen LogP contribution in [0.2, 0.25) is 5.02 Å². The van der Waals surface area contributed by atoms with E-state index in [4.69, 9.17) is 21.1 Å². The van der Waals surface area contributed by atoms with E-state index in [0.717, 1.165) is 49.4 Å². The van der Waals surface area contributed by atoms with Gasteiger partial charge in [0.05, 0.1) is 10.6 Å². The fraction of sp³-hybridized carbons (Fsp3) is 0.250. The smallest absolute Gasteiger partial charge is 0.142 e. The van der Waals surface area contributed by atoms with Crippen molar-refractivity contribution in [2.24, 2.45) is 0 Å². The Morgan fingerprint density at radius 1 is 1.00 bits per heavy atom. The zero-order valence-electron chi connectivity index (χ0n) is 21.1. The molecule has 6 heteroatoms. The fourth-order valence-corrected chi connectivity index (χ4v) is 5.50. The summed E-state index contributed by atoms with van der Waals surface area (Å²) >= 11 is 6.79. The summed E-state index contributed by atoms with van der Waals surface area (Å²) in [5, 5.41) is 9.80. The number of fused-ring (bicyclic) bond motifs is 1. The largest absolute Gasteiger partial charge is 0.488 e.